The van der Waals surface area contributed by atoms with Crippen molar-refractivity contribution >= 4 is 0 Å². The quantitative estimate of drug-likeness (QED) is 0.790. The van der Waals surface area contributed by atoms with E-state index in [4.69, 9.17) is 4.74 Å². The van der Waals surface area contributed by atoms with Crippen molar-refractivity contribution in [2.24, 2.45) is 17.3 Å². The van der Waals surface area contributed by atoms with Crippen LogP contribution < -0.4 is 0 Å². The smallest absolute Gasteiger partial charge is 0.0702 e. The SMILES string of the molecule is CCN(CC1CCCO1)C1CC(C(C)(C)C)CCC1C#N. The van der Waals surface area contributed by atoms with Crippen LogP contribution in [-0.2, 0) is 4.74 Å². The summed E-state index contributed by atoms with van der Waals surface area (Å²) in [6, 6.07) is 3.00. The Bertz CT molecular complexity index is 362. The minimum Gasteiger partial charge on any atom is -0.377 e. The standard InChI is InChI=1S/C18H32N2O/c1-5-20(13-16-7-6-10-21-16)17-11-15(18(2,3)4)9-8-14(17)12-19/h14-17H,5-11,13H2,1-4H3. The topological polar surface area (TPSA) is 36.3 Å². The molecule has 0 bridgehead atoms. The Balaban J connectivity index is 2.05. The maximum Gasteiger partial charge on any atom is 0.0702 e. The van der Waals surface area contributed by atoms with Crippen LogP contribution in [0.3, 0.4) is 0 Å². The van der Waals surface area contributed by atoms with E-state index in [1.165, 1.54) is 25.7 Å². The molecule has 0 radical (unpaired) electrons. The van der Waals surface area contributed by atoms with Gasteiger partial charge in [-0.05, 0) is 50.0 Å². The maximum absolute atomic E-state index is 9.55. The first-order valence-corrected chi connectivity index (χ1v) is 8.71. The van der Waals surface area contributed by atoms with Crippen molar-refractivity contribution in [3.05, 3.63) is 0 Å². The molecule has 3 heteroatoms. The van der Waals surface area contributed by atoms with Crippen molar-refractivity contribution in [2.75, 3.05) is 19.7 Å². The molecule has 1 saturated heterocycles. The Labute approximate surface area is 130 Å². The largest absolute Gasteiger partial charge is 0.377 e. The molecule has 2 fully saturated rings. The number of hydrogen-bond donors (Lipinski definition) is 0. The fourth-order valence-corrected chi connectivity index (χ4v) is 4.04. The lowest BCUT2D eigenvalue weighted by Crippen LogP contribution is -2.48. The summed E-state index contributed by atoms with van der Waals surface area (Å²) in [6.07, 6.45) is 6.20. The Kier molecular flexibility index (Phi) is 5.68. The van der Waals surface area contributed by atoms with Gasteiger partial charge in [-0.15, -0.1) is 0 Å². The van der Waals surface area contributed by atoms with Gasteiger partial charge in [-0.25, -0.2) is 0 Å². The fourth-order valence-electron chi connectivity index (χ4n) is 4.04. The van der Waals surface area contributed by atoms with E-state index in [-0.39, 0.29) is 5.92 Å². The third-order valence-corrected chi connectivity index (χ3v) is 5.54. The number of ether oxygens (including phenoxy) is 1. The van der Waals surface area contributed by atoms with Gasteiger partial charge >= 0.3 is 0 Å². The van der Waals surface area contributed by atoms with Crippen molar-refractivity contribution in [2.45, 2.75) is 71.9 Å². The lowest BCUT2D eigenvalue weighted by atomic mass is 9.67. The molecule has 1 saturated carbocycles. The minimum atomic E-state index is 0.199. The van der Waals surface area contributed by atoms with E-state index < -0.39 is 0 Å². The van der Waals surface area contributed by atoms with Crippen LogP contribution in [0.15, 0.2) is 0 Å². The molecule has 0 aromatic carbocycles. The Morgan fingerprint density at radius 1 is 1.24 bits per heavy atom. The molecule has 2 rings (SSSR count). The highest BCUT2D eigenvalue weighted by molar-refractivity contribution is 4.99. The Morgan fingerprint density at radius 3 is 2.52 bits per heavy atom. The summed E-state index contributed by atoms with van der Waals surface area (Å²) in [7, 11) is 0. The second kappa shape index (κ2) is 7.11. The van der Waals surface area contributed by atoms with Crippen LogP contribution in [0.25, 0.3) is 0 Å². The van der Waals surface area contributed by atoms with Crippen molar-refractivity contribution < 1.29 is 4.74 Å². The fraction of sp³-hybridized carbons (Fsp3) is 0.944. The molecule has 0 spiro atoms. The molecular weight excluding hydrogens is 260 g/mol. The van der Waals surface area contributed by atoms with Gasteiger partial charge in [-0.3, -0.25) is 4.90 Å². The van der Waals surface area contributed by atoms with Gasteiger partial charge in [0, 0.05) is 19.2 Å². The molecular formula is C18H32N2O. The second-order valence-electron chi connectivity index (χ2n) is 7.90. The summed E-state index contributed by atoms with van der Waals surface area (Å²) in [5, 5.41) is 9.55. The molecule has 2 aliphatic rings. The first-order valence-electron chi connectivity index (χ1n) is 8.71. The van der Waals surface area contributed by atoms with Crippen molar-refractivity contribution in [1.82, 2.24) is 4.90 Å². The van der Waals surface area contributed by atoms with Gasteiger partial charge in [0.25, 0.3) is 0 Å². The zero-order valence-corrected chi connectivity index (χ0v) is 14.3. The molecule has 1 heterocycles. The van der Waals surface area contributed by atoms with E-state index in [9.17, 15) is 5.26 Å². The van der Waals surface area contributed by atoms with Gasteiger partial charge in [0.15, 0.2) is 0 Å². The molecule has 21 heavy (non-hydrogen) atoms. The summed E-state index contributed by atoms with van der Waals surface area (Å²) < 4.78 is 5.81. The summed E-state index contributed by atoms with van der Waals surface area (Å²) in [6.45, 7) is 12.2. The summed E-state index contributed by atoms with van der Waals surface area (Å²) in [5.74, 6) is 0.926. The summed E-state index contributed by atoms with van der Waals surface area (Å²) in [5.41, 5.74) is 0.349. The van der Waals surface area contributed by atoms with Crippen LogP contribution in [0.1, 0.15) is 59.8 Å². The highest BCUT2D eigenvalue weighted by Crippen LogP contribution is 2.41. The van der Waals surface area contributed by atoms with Gasteiger partial charge < -0.3 is 4.74 Å². The lowest BCUT2D eigenvalue weighted by molar-refractivity contribution is 0.0199. The van der Waals surface area contributed by atoms with Crippen LogP contribution in [0.4, 0.5) is 0 Å². The van der Waals surface area contributed by atoms with Gasteiger partial charge in [0.1, 0.15) is 0 Å². The molecule has 4 atom stereocenters. The zero-order valence-electron chi connectivity index (χ0n) is 14.3. The third-order valence-electron chi connectivity index (χ3n) is 5.54. The van der Waals surface area contributed by atoms with Gasteiger partial charge in [0.2, 0.25) is 0 Å². The molecule has 4 unspecified atom stereocenters. The average Bonchev–Trinajstić information content (AvgIpc) is 2.96. The van der Waals surface area contributed by atoms with Gasteiger partial charge in [-0.2, -0.15) is 5.26 Å². The molecule has 0 aromatic heterocycles. The van der Waals surface area contributed by atoms with Crippen LogP contribution >= 0.6 is 0 Å². The number of nitriles is 1. The van der Waals surface area contributed by atoms with E-state index in [0.717, 1.165) is 32.0 Å². The summed E-state index contributed by atoms with van der Waals surface area (Å²) >= 11 is 0. The second-order valence-corrected chi connectivity index (χ2v) is 7.90. The predicted molar refractivity (Wildman–Crippen MR) is 85.9 cm³/mol. The molecule has 1 aliphatic heterocycles. The van der Waals surface area contributed by atoms with Crippen molar-refractivity contribution in [3.63, 3.8) is 0 Å². The zero-order chi connectivity index (χ0) is 15.5. The summed E-state index contributed by atoms with van der Waals surface area (Å²) in [4.78, 5) is 2.53. The Hall–Kier alpha value is -0.590. The highest BCUT2D eigenvalue weighted by Gasteiger charge is 2.39. The molecule has 0 aromatic rings. The molecule has 0 amide bonds. The number of hydrogen-bond acceptors (Lipinski definition) is 3. The van der Waals surface area contributed by atoms with Crippen LogP contribution in [0.5, 0.6) is 0 Å². The molecule has 0 N–H and O–H groups in total. The average molecular weight is 292 g/mol. The normalized spacial score (nSPS) is 34.1. The van der Waals surface area contributed by atoms with E-state index >= 15 is 0 Å². The predicted octanol–water partition coefficient (Wildman–Crippen LogP) is 3.84. The monoisotopic (exact) mass is 292 g/mol. The van der Waals surface area contributed by atoms with E-state index in [1.54, 1.807) is 0 Å². The van der Waals surface area contributed by atoms with Gasteiger partial charge in [-0.1, -0.05) is 27.7 Å². The van der Waals surface area contributed by atoms with E-state index in [1.807, 2.05) is 0 Å². The first kappa shape index (κ1) is 16.8. The van der Waals surface area contributed by atoms with Crippen LogP contribution in [0, 0.1) is 28.6 Å². The first-order chi connectivity index (χ1) is 9.95. The maximum atomic E-state index is 9.55. The number of nitrogens with zero attached hydrogens (tertiary/aromatic N) is 2. The molecule has 120 valence electrons. The molecule has 1 aliphatic carbocycles. The van der Waals surface area contributed by atoms with Crippen molar-refractivity contribution in [1.29, 1.82) is 5.26 Å². The number of rotatable bonds is 4. The van der Waals surface area contributed by atoms with E-state index in [2.05, 4.69) is 38.7 Å². The minimum absolute atomic E-state index is 0.199. The molecule has 3 nitrogen and oxygen atoms in total. The van der Waals surface area contributed by atoms with Crippen LogP contribution in [-0.4, -0.2) is 36.7 Å². The van der Waals surface area contributed by atoms with E-state index in [0.29, 0.717) is 17.6 Å². The Morgan fingerprint density at radius 2 is 2.00 bits per heavy atom. The number of likely N-dealkylation sites (N-methyl/N-ethyl adjacent to an activating group) is 1. The highest BCUT2D eigenvalue weighted by atomic mass is 16.5. The third kappa shape index (κ3) is 4.20. The van der Waals surface area contributed by atoms with Crippen LogP contribution in [0.2, 0.25) is 0 Å². The van der Waals surface area contributed by atoms with Gasteiger partial charge in [0.05, 0.1) is 18.1 Å². The van der Waals surface area contributed by atoms with Crippen molar-refractivity contribution in [3.8, 4) is 6.07 Å². The lowest BCUT2D eigenvalue weighted by Gasteiger charge is -2.44.